The molecule has 10 heteroatoms. The van der Waals surface area contributed by atoms with Crippen LogP contribution in [0.2, 0.25) is 5.02 Å². The van der Waals surface area contributed by atoms with Crippen molar-refractivity contribution in [3.8, 4) is 5.88 Å². The average Bonchev–Trinajstić information content (AvgIpc) is 3.69. The van der Waals surface area contributed by atoms with Gasteiger partial charge in [0, 0.05) is 38.4 Å². The van der Waals surface area contributed by atoms with Crippen LogP contribution in [0.5, 0.6) is 5.88 Å². The molecule has 3 rings (SSSR count). The van der Waals surface area contributed by atoms with Crippen molar-refractivity contribution in [2.24, 2.45) is 0 Å². The summed E-state index contributed by atoms with van der Waals surface area (Å²) in [6.07, 6.45) is 4.79. The maximum Gasteiger partial charge on any atom is 0.326 e. The lowest BCUT2D eigenvalue weighted by Gasteiger charge is -2.20. The second-order valence-electron chi connectivity index (χ2n) is 8.90. The van der Waals surface area contributed by atoms with E-state index in [1.807, 2.05) is 7.05 Å². The Bertz CT molecular complexity index is 1060. The van der Waals surface area contributed by atoms with Crippen molar-refractivity contribution in [1.82, 2.24) is 15.3 Å². The minimum atomic E-state index is -1.10. The van der Waals surface area contributed by atoms with E-state index in [-0.39, 0.29) is 18.9 Å². The molecule has 0 bridgehead atoms. The quantitative estimate of drug-likeness (QED) is 0.304. The van der Waals surface area contributed by atoms with Gasteiger partial charge in [0.2, 0.25) is 11.8 Å². The minimum absolute atomic E-state index is 0.169. The summed E-state index contributed by atoms with van der Waals surface area (Å²) in [6.45, 7) is 2.85. The number of anilines is 1. The summed E-state index contributed by atoms with van der Waals surface area (Å²) in [7, 11) is 3.36. The van der Waals surface area contributed by atoms with Crippen LogP contribution >= 0.6 is 11.6 Å². The Kier molecular flexibility index (Phi) is 9.89. The number of pyridine rings is 2. The van der Waals surface area contributed by atoms with Crippen molar-refractivity contribution in [3.05, 3.63) is 46.2 Å². The smallest absolute Gasteiger partial charge is 0.326 e. The molecule has 1 fully saturated rings. The lowest BCUT2D eigenvalue weighted by molar-refractivity contribution is -0.142. The number of methoxy groups -OCH3 is 1. The van der Waals surface area contributed by atoms with Crippen LogP contribution in [0, 0.1) is 0 Å². The number of aromatic nitrogens is 2. The van der Waals surface area contributed by atoms with Crippen molar-refractivity contribution >= 4 is 29.3 Å². The van der Waals surface area contributed by atoms with E-state index < -0.39 is 17.4 Å². The molecule has 3 N–H and O–H groups in total. The van der Waals surface area contributed by atoms with Gasteiger partial charge in [-0.3, -0.25) is 4.79 Å². The predicted molar refractivity (Wildman–Crippen MR) is 138 cm³/mol. The summed E-state index contributed by atoms with van der Waals surface area (Å²) in [4.78, 5) is 33.8. The van der Waals surface area contributed by atoms with Crippen molar-refractivity contribution in [2.45, 2.75) is 63.3 Å². The maximum absolute atomic E-state index is 13.0. The number of aliphatic carboxylic acids is 1. The molecule has 0 spiro atoms. The first-order valence-corrected chi connectivity index (χ1v) is 12.7. The summed E-state index contributed by atoms with van der Waals surface area (Å²) >= 11 is 6.29. The van der Waals surface area contributed by atoms with Gasteiger partial charge in [0.1, 0.15) is 11.9 Å². The number of carbonyl (C=O) groups is 2. The summed E-state index contributed by atoms with van der Waals surface area (Å²) in [5.74, 6) is -0.215. The van der Waals surface area contributed by atoms with Crippen LogP contribution in [0.3, 0.4) is 0 Å². The molecule has 1 saturated carbocycles. The fraction of sp³-hybridized carbons (Fsp3) is 0.538. The van der Waals surface area contributed by atoms with E-state index in [0.29, 0.717) is 36.0 Å². The molecule has 1 aliphatic carbocycles. The normalized spacial score (nSPS) is 14.7. The van der Waals surface area contributed by atoms with Crippen LogP contribution in [0.15, 0.2) is 24.3 Å². The van der Waals surface area contributed by atoms with Gasteiger partial charge in [-0.05, 0) is 56.2 Å². The van der Waals surface area contributed by atoms with Crippen LogP contribution < -0.4 is 15.4 Å². The highest BCUT2D eigenvalue weighted by molar-refractivity contribution is 6.31. The molecule has 36 heavy (non-hydrogen) atoms. The molecular formula is C26H35ClN4O5. The molecule has 196 valence electrons. The maximum atomic E-state index is 13.0. The molecule has 0 aliphatic heterocycles. The molecule has 1 atom stereocenters. The number of unbranched alkanes of at least 4 members (excludes halogenated alkanes) is 1. The predicted octanol–water partition coefficient (Wildman–Crippen LogP) is 3.77. The van der Waals surface area contributed by atoms with Gasteiger partial charge in [0.25, 0.3) is 0 Å². The van der Waals surface area contributed by atoms with Crippen molar-refractivity contribution < 1.29 is 24.2 Å². The van der Waals surface area contributed by atoms with E-state index in [9.17, 15) is 14.7 Å². The van der Waals surface area contributed by atoms with Gasteiger partial charge in [0.15, 0.2) is 0 Å². The highest BCUT2D eigenvalue weighted by Gasteiger charge is 2.54. The average molecular weight is 519 g/mol. The third-order valence-electron chi connectivity index (χ3n) is 6.45. The zero-order chi connectivity index (χ0) is 26.1. The summed E-state index contributed by atoms with van der Waals surface area (Å²) in [5.41, 5.74) is 1.73. The van der Waals surface area contributed by atoms with Gasteiger partial charge in [-0.2, -0.15) is 0 Å². The second kappa shape index (κ2) is 12.9. The van der Waals surface area contributed by atoms with Crippen molar-refractivity contribution in [3.63, 3.8) is 0 Å². The van der Waals surface area contributed by atoms with Crippen LogP contribution in [0.1, 0.15) is 56.0 Å². The number of carbonyl (C=O) groups excluding carboxylic acids is 1. The number of ether oxygens (including phenoxy) is 2. The topological polar surface area (TPSA) is 123 Å². The van der Waals surface area contributed by atoms with Crippen LogP contribution in [-0.2, 0) is 32.6 Å². The van der Waals surface area contributed by atoms with Gasteiger partial charge < -0.3 is 25.2 Å². The molecule has 2 aromatic heterocycles. The van der Waals surface area contributed by atoms with Gasteiger partial charge in [-0.25, -0.2) is 14.8 Å². The Morgan fingerprint density at radius 1 is 1.17 bits per heavy atom. The van der Waals surface area contributed by atoms with Crippen LogP contribution in [0.25, 0.3) is 0 Å². The largest absolute Gasteiger partial charge is 0.481 e. The van der Waals surface area contributed by atoms with Gasteiger partial charge in [-0.15, -0.1) is 0 Å². The molecule has 1 aliphatic rings. The van der Waals surface area contributed by atoms with E-state index in [4.69, 9.17) is 21.1 Å². The Hall–Kier alpha value is -2.91. The summed E-state index contributed by atoms with van der Waals surface area (Å²) in [5, 5.41) is 15.8. The number of carboxylic acid groups (broad SMARTS) is 1. The third-order valence-corrected chi connectivity index (χ3v) is 6.75. The van der Waals surface area contributed by atoms with Crippen LogP contribution in [0.4, 0.5) is 5.82 Å². The highest BCUT2D eigenvalue weighted by Crippen LogP contribution is 2.50. The number of nitrogens with zero attached hydrogens (tertiary/aromatic N) is 2. The van der Waals surface area contributed by atoms with Gasteiger partial charge in [-0.1, -0.05) is 24.6 Å². The number of hydrogen-bond donors (Lipinski definition) is 3. The second-order valence-corrected chi connectivity index (χ2v) is 9.31. The first-order valence-electron chi connectivity index (χ1n) is 12.3. The fourth-order valence-electron chi connectivity index (χ4n) is 4.11. The van der Waals surface area contributed by atoms with Crippen LogP contribution in [-0.4, -0.2) is 60.4 Å². The van der Waals surface area contributed by atoms with E-state index in [1.165, 1.54) is 12.7 Å². The fourth-order valence-corrected chi connectivity index (χ4v) is 4.39. The zero-order valence-electron chi connectivity index (χ0n) is 21.1. The van der Waals surface area contributed by atoms with E-state index >= 15 is 0 Å². The SMILES string of the molecule is CCc1ccc(CCCCOCCC(NC(=O)C2(c3nc(OC)ccc3Cl)CC2)C(=O)O)nc1NC. The number of rotatable bonds is 15. The first kappa shape index (κ1) is 27.7. The monoisotopic (exact) mass is 518 g/mol. The first-order chi connectivity index (χ1) is 17.3. The lowest BCUT2D eigenvalue weighted by atomic mass is 9.99. The minimum Gasteiger partial charge on any atom is -0.481 e. The van der Waals surface area contributed by atoms with Crippen molar-refractivity contribution in [1.29, 1.82) is 0 Å². The van der Waals surface area contributed by atoms with E-state index in [0.717, 1.165) is 37.2 Å². The van der Waals surface area contributed by atoms with E-state index in [2.05, 4.69) is 39.7 Å². The molecule has 1 unspecified atom stereocenters. The number of halogens is 1. The molecular weight excluding hydrogens is 484 g/mol. The standard InChI is InChI=1S/C26H35ClN4O5/c1-4-17-8-9-18(29-23(17)28-2)7-5-6-15-36-16-12-20(24(32)33)30-25(34)26(13-14-26)22-19(27)10-11-21(31-22)35-3/h8-11,20H,4-7,12-16H2,1-3H3,(H,28,29)(H,30,34)(H,32,33). The summed E-state index contributed by atoms with van der Waals surface area (Å²) < 4.78 is 10.8. The van der Waals surface area contributed by atoms with Gasteiger partial charge in [0.05, 0.1) is 23.2 Å². The Balaban J connectivity index is 1.42. The lowest BCUT2D eigenvalue weighted by Crippen LogP contribution is -2.46. The van der Waals surface area contributed by atoms with Crippen molar-refractivity contribution in [2.75, 3.05) is 32.7 Å². The Labute approximate surface area is 217 Å². The number of aryl methyl sites for hydroxylation is 2. The Morgan fingerprint density at radius 3 is 2.58 bits per heavy atom. The molecule has 0 saturated heterocycles. The zero-order valence-corrected chi connectivity index (χ0v) is 21.9. The number of carboxylic acids is 1. The summed E-state index contributed by atoms with van der Waals surface area (Å²) in [6, 6.07) is 6.36. The number of hydrogen-bond acceptors (Lipinski definition) is 7. The molecule has 0 radical (unpaired) electrons. The van der Waals surface area contributed by atoms with Gasteiger partial charge >= 0.3 is 5.97 Å². The Morgan fingerprint density at radius 2 is 1.94 bits per heavy atom. The molecule has 0 aromatic carbocycles. The molecule has 9 nitrogen and oxygen atoms in total. The third kappa shape index (κ3) is 6.85. The molecule has 2 aromatic rings. The highest BCUT2D eigenvalue weighted by atomic mass is 35.5. The number of nitrogens with one attached hydrogen (secondary N) is 2. The molecule has 1 amide bonds. The van der Waals surface area contributed by atoms with E-state index in [1.54, 1.807) is 12.1 Å². The molecule has 2 heterocycles. The number of amides is 1.